The van der Waals surface area contributed by atoms with Gasteiger partial charge in [0.1, 0.15) is 0 Å². The number of nitrogens with one attached hydrogen (secondary N) is 2. The third-order valence-electron chi connectivity index (χ3n) is 2.94. The van der Waals surface area contributed by atoms with Crippen LogP contribution in [-0.2, 0) is 6.18 Å². The molecule has 124 valence electrons. The van der Waals surface area contributed by atoms with Gasteiger partial charge in [0, 0.05) is 0 Å². The lowest BCUT2D eigenvalue weighted by molar-refractivity contribution is -0.137. The van der Waals surface area contributed by atoms with Gasteiger partial charge in [-0.05, 0) is 19.1 Å². The summed E-state index contributed by atoms with van der Waals surface area (Å²) < 4.78 is 40.1. The number of alkyl halides is 3. The van der Waals surface area contributed by atoms with Crippen molar-refractivity contribution in [1.82, 2.24) is 15.1 Å². The number of halogens is 4. The standard InChI is InChI=1S/C13H12F3N5O.ClH/c1-7-8(11(22)20-12(17)18)6-19-21(7)10-5-3-2-4-9(10)13(14,15)16;/h2-6H,1H3,(H4,17,18,20,22);1H. The molecule has 0 radical (unpaired) electrons. The number of aromatic nitrogens is 2. The lowest BCUT2D eigenvalue weighted by Crippen LogP contribution is -2.35. The Morgan fingerprint density at radius 1 is 1.35 bits per heavy atom. The summed E-state index contributed by atoms with van der Waals surface area (Å²) in [7, 11) is 0. The average Bonchev–Trinajstić information content (AvgIpc) is 2.79. The fourth-order valence-electron chi connectivity index (χ4n) is 1.96. The summed E-state index contributed by atoms with van der Waals surface area (Å²) in [6.45, 7) is 1.45. The number of benzene rings is 1. The second-order valence-electron chi connectivity index (χ2n) is 4.44. The molecule has 0 atom stereocenters. The lowest BCUT2D eigenvalue weighted by atomic mass is 10.1. The van der Waals surface area contributed by atoms with Crippen molar-refractivity contribution in [2.75, 3.05) is 0 Å². The summed E-state index contributed by atoms with van der Waals surface area (Å²) >= 11 is 0. The van der Waals surface area contributed by atoms with E-state index in [0.717, 1.165) is 16.9 Å². The molecule has 23 heavy (non-hydrogen) atoms. The van der Waals surface area contributed by atoms with Crippen molar-refractivity contribution in [3.05, 3.63) is 47.3 Å². The minimum atomic E-state index is -4.54. The van der Waals surface area contributed by atoms with Crippen LogP contribution in [0.1, 0.15) is 21.6 Å². The van der Waals surface area contributed by atoms with E-state index in [1.807, 2.05) is 0 Å². The summed E-state index contributed by atoms with van der Waals surface area (Å²) in [5, 5.41) is 12.9. The Bertz CT molecular complexity index is 741. The van der Waals surface area contributed by atoms with E-state index in [-0.39, 0.29) is 29.4 Å². The fraction of sp³-hybridized carbons (Fsp3) is 0.154. The normalized spacial score (nSPS) is 10.8. The Morgan fingerprint density at radius 2 is 1.96 bits per heavy atom. The Kier molecular flexibility index (Phi) is 5.38. The number of amides is 1. The number of hydrogen-bond donors (Lipinski definition) is 3. The molecule has 2 rings (SSSR count). The molecular weight excluding hydrogens is 335 g/mol. The molecule has 0 aliphatic heterocycles. The molecule has 6 nitrogen and oxygen atoms in total. The molecule has 2 aromatic rings. The number of nitrogens with zero attached hydrogens (tertiary/aromatic N) is 2. The molecule has 0 saturated carbocycles. The molecule has 4 N–H and O–H groups in total. The Hall–Kier alpha value is -2.55. The van der Waals surface area contributed by atoms with Gasteiger partial charge in [-0.2, -0.15) is 18.3 Å². The number of para-hydroxylation sites is 1. The summed E-state index contributed by atoms with van der Waals surface area (Å²) in [6.07, 6.45) is -3.42. The van der Waals surface area contributed by atoms with Crippen molar-refractivity contribution in [3.8, 4) is 5.69 Å². The van der Waals surface area contributed by atoms with Crippen LogP contribution in [0.2, 0.25) is 0 Å². The topological polar surface area (TPSA) is 96.8 Å². The molecule has 1 aromatic heterocycles. The van der Waals surface area contributed by atoms with Crippen molar-refractivity contribution >= 4 is 24.3 Å². The first-order valence-electron chi connectivity index (χ1n) is 6.08. The number of hydrogen-bond acceptors (Lipinski definition) is 3. The van der Waals surface area contributed by atoms with Crippen molar-refractivity contribution in [2.24, 2.45) is 5.73 Å². The first-order valence-corrected chi connectivity index (χ1v) is 6.08. The third kappa shape index (κ3) is 3.81. The van der Waals surface area contributed by atoms with Crippen molar-refractivity contribution in [3.63, 3.8) is 0 Å². The zero-order valence-electron chi connectivity index (χ0n) is 11.8. The van der Waals surface area contributed by atoms with Crippen LogP contribution in [0, 0.1) is 12.3 Å². The highest BCUT2D eigenvalue weighted by molar-refractivity contribution is 6.04. The molecule has 0 bridgehead atoms. The predicted molar refractivity (Wildman–Crippen MR) is 79.9 cm³/mol. The molecule has 0 unspecified atom stereocenters. The van der Waals surface area contributed by atoms with E-state index in [4.69, 9.17) is 11.1 Å². The van der Waals surface area contributed by atoms with Gasteiger partial charge in [-0.1, -0.05) is 12.1 Å². The highest BCUT2D eigenvalue weighted by Gasteiger charge is 2.34. The first-order chi connectivity index (χ1) is 10.2. The Labute approximate surface area is 135 Å². The summed E-state index contributed by atoms with van der Waals surface area (Å²) in [4.78, 5) is 11.8. The van der Waals surface area contributed by atoms with E-state index in [1.54, 1.807) is 0 Å². The Balaban J connectivity index is 0.00000264. The summed E-state index contributed by atoms with van der Waals surface area (Å²) in [5.41, 5.74) is 4.25. The van der Waals surface area contributed by atoms with Crippen LogP contribution in [0.25, 0.3) is 5.69 Å². The number of rotatable bonds is 2. The van der Waals surface area contributed by atoms with Crippen LogP contribution in [0.15, 0.2) is 30.5 Å². The SMILES string of the molecule is Cc1c(C(=O)NC(=N)N)cnn1-c1ccccc1C(F)(F)F.Cl. The van der Waals surface area contributed by atoms with Gasteiger partial charge in [0.05, 0.1) is 28.7 Å². The third-order valence-corrected chi connectivity index (χ3v) is 2.94. The van der Waals surface area contributed by atoms with Crippen molar-refractivity contribution in [2.45, 2.75) is 13.1 Å². The minimum absolute atomic E-state index is 0. The van der Waals surface area contributed by atoms with Crippen LogP contribution in [0.4, 0.5) is 13.2 Å². The van der Waals surface area contributed by atoms with Crippen molar-refractivity contribution in [1.29, 1.82) is 5.41 Å². The average molecular weight is 348 g/mol. The van der Waals surface area contributed by atoms with E-state index in [0.29, 0.717) is 0 Å². The van der Waals surface area contributed by atoms with Crippen molar-refractivity contribution < 1.29 is 18.0 Å². The van der Waals surface area contributed by atoms with E-state index in [2.05, 4.69) is 10.4 Å². The van der Waals surface area contributed by atoms with Crippen LogP contribution in [0.3, 0.4) is 0 Å². The largest absolute Gasteiger partial charge is 0.418 e. The smallest absolute Gasteiger partial charge is 0.370 e. The monoisotopic (exact) mass is 347 g/mol. The van der Waals surface area contributed by atoms with Gasteiger partial charge in [0.15, 0.2) is 5.96 Å². The molecule has 0 spiro atoms. The molecule has 0 saturated heterocycles. The summed E-state index contributed by atoms with van der Waals surface area (Å²) in [6, 6.07) is 4.91. The van der Waals surface area contributed by atoms with Gasteiger partial charge in [-0.25, -0.2) is 4.68 Å². The molecule has 0 fully saturated rings. The van der Waals surface area contributed by atoms with Gasteiger partial charge in [0.2, 0.25) is 0 Å². The van der Waals surface area contributed by atoms with Gasteiger partial charge in [-0.3, -0.25) is 15.5 Å². The summed E-state index contributed by atoms with van der Waals surface area (Å²) in [5.74, 6) is -1.27. The maximum absolute atomic E-state index is 13.0. The molecular formula is C13H13ClF3N5O. The molecule has 1 heterocycles. The first kappa shape index (κ1) is 18.5. The number of carbonyl (C=O) groups excluding carboxylic acids is 1. The number of carbonyl (C=O) groups is 1. The fourth-order valence-corrected chi connectivity index (χ4v) is 1.96. The highest BCUT2D eigenvalue weighted by Crippen LogP contribution is 2.34. The molecule has 10 heteroatoms. The van der Waals surface area contributed by atoms with Gasteiger partial charge in [0.25, 0.3) is 5.91 Å². The molecule has 0 aliphatic rings. The van der Waals surface area contributed by atoms with Gasteiger partial charge < -0.3 is 5.73 Å². The maximum atomic E-state index is 13.0. The zero-order valence-corrected chi connectivity index (χ0v) is 12.6. The van der Waals surface area contributed by atoms with Crippen LogP contribution in [0.5, 0.6) is 0 Å². The van der Waals surface area contributed by atoms with Crippen LogP contribution < -0.4 is 11.1 Å². The van der Waals surface area contributed by atoms with E-state index >= 15 is 0 Å². The van der Waals surface area contributed by atoms with Gasteiger partial charge in [-0.15, -0.1) is 12.4 Å². The second kappa shape index (κ2) is 6.69. The lowest BCUT2D eigenvalue weighted by Gasteiger charge is -2.13. The maximum Gasteiger partial charge on any atom is 0.418 e. The van der Waals surface area contributed by atoms with Crippen LogP contribution >= 0.6 is 12.4 Å². The second-order valence-corrected chi connectivity index (χ2v) is 4.44. The van der Waals surface area contributed by atoms with Crippen LogP contribution in [-0.4, -0.2) is 21.6 Å². The predicted octanol–water partition coefficient (Wildman–Crippen LogP) is 2.24. The molecule has 1 aromatic carbocycles. The number of guanidine groups is 1. The van der Waals surface area contributed by atoms with Gasteiger partial charge >= 0.3 is 6.18 Å². The number of nitrogens with two attached hydrogens (primary N) is 1. The highest BCUT2D eigenvalue weighted by atomic mass is 35.5. The van der Waals surface area contributed by atoms with E-state index in [9.17, 15) is 18.0 Å². The quantitative estimate of drug-likeness (QED) is 0.574. The zero-order chi connectivity index (χ0) is 16.5. The molecule has 0 aliphatic carbocycles. The molecule has 1 amide bonds. The Morgan fingerprint density at radius 3 is 2.52 bits per heavy atom. The minimum Gasteiger partial charge on any atom is -0.370 e. The van der Waals surface area contributed by atoms with E-state index in [1.165, 1.54) is 25.1 Å². The van der Waals surface area contributed by atoms with E-state index < -0.39 is 23.6 Å².